The second kappa shape index (κ2) is 9.08. The Bertz CT molecular complexity index is 702. The van der Waals surface area contributed by atoms with Gasteiger partial charge in [-0.05, 0) is 36.6 Å². The minimum Gasteiger partial charge on any atom is -0.326 e. The number of amides is 2. The van der Waals surface area contributed by atoms with Crippen LogP contribution in [0, 0.1) is 0 Å². The molecule has 0 saturated heterocycles. The number of hydrogen-bond acceptors (Lipinski definition) is 2. The van der Waals surface area contributed by atoms with Crippen LogP contribution < -0.4 is 10.6 Å². The molecule has 0 atom stereocenters. The van der Waals surface area contributed by atoms with Crippen LogP contribution in [0.4, 0.5) is 11.4 Å². The molecule has 2 rings (SSSR count). The molecule has 0 saturated carbocycles. The molecule has 4 nitrogen and oxygen atoms in total. The molecular formula is C19H21ClN2O2. The molecule has 24 heavy (non-hydrogen) atoms. The van der Waals surface area contributed by atoms with Crippen molar-refractivity contribution in [3.05, 3.63) is 59.1 Å². The fourth-order valence-corrected chi connectivity index (χ4v) is 2.42. The van der Waals surface area contributed by atoms with Gasteiger partial charge in [0.15, 0.2) is 0 Å². The number of carbonyl (C=O) groups excluding carboxylic acids is 2. The van der Waals surface area contributed by atoms with Gasteiger partial charge in [0.1, 0.15) is 0 Å². The van der Waals surface area contributed by atoms with Gasteiger partial charge in [0.2, 0.25) is 11.8 Å². The van der Waals surface area contributed by atoms with Gasteiger partial charge in [0, 0.05) is 18.5 Å². The number of rotatable bonds is 7. The third kappa shape index (κ3) is 5.70. The first-order valence-corrected chi connectivity index (χ1v) is 8.39. The zero-order chi connectivity index (χ0) is 17.4. The molecule has 0 aliphatic heterocycles. The lowest BCUT2D eigenvalue weighted by molar-refractivity contribution is -0.116. The summed E-state index contributed by atoms with van der Waals surface area (Å²) in [6.07, 6.45) is 2.43. The van der Waals surface area contributed by atoms with Crippen LogP contribution in [0.15, 0.2) is 48.5 Å². The zero-order valence-corrected chi connectivity index (χ0v) is 14.4. The van der Waals surface area contributed by atoms with Crippen LogP contribution in [-0.4, -0.2) is 11.8 Å². The molecule has 0 bridgehead atoms. The van der Waals surface area contributed by atoms with E-state index in [9.17, 15) is 9.59 Å². The zero-order valence-electron chi connectivity index (χ0n) is 13.6. The Hall–Kier alpha value is -2.33. The fourth-order valence-electron chi connectivity index (χ4n) is 2.26. The summed E-state index contributed by atoms with van der Waals surface area (Å²) in [5, 5.41) is 6.00. The fraction of sp³-hybridized carbons (Fsp3) is 0.263. The highest BCUT2D eigenvalue weighted by Gasteiger charge is 2.08. The molecule has 0 aliphatic carbocycles. The van der Waals surface area contributed by atoms with Gasteiger partial charge in [-0.25, -0.2) is 0 Å². The van der Waals surface area contributed by atoms with E-state index in [1.165, 1.54) is 5.56 Å². The van der Waals surface area contributed by atoms with Crippen molar-refractivity contribution in [1.82, 2.24) is 0 Å². The molecule has 0 fully saturated rings. The van der Waals surface area contributed by atoms with Crippen LogP contribution in [-0.2, 0) is 16.0 Å². The standard InChI is InChI=1S/C19H21ClN2O2/c1-2-18(23)21-15-11-12-16(20)17(13-15)22-19(24)10-6-9-14-7-4-3-5-8-14/h3-5,7-8,11-13H,2,6,9-10H2,1H3,(H,21,23)(H,22,24). The first kappa shape index (κ1) is 18.0. The Morgan fingerprint density at radius 1 is 1.00 bits per heavy atom. The Kier molecular flexibility index (Phi) is 6.82. The van der Waals surface area contributed by atoms with Crippen LogP contribution in [0.3, 0.4) is 0 Å². The van der Waals surface area contributed by atoms with Crippen molar-refractivity contribution in [2.75, 3.05) is 10.6 Å². The highest BCUT2D eigenvalue weighted by Crippen LogP contribution is 2.26. The van der Waals surface area contributed by atoms with E-state index < -0.39 is 0 Å². The summed E-state index contributed by atoms with van der Waals surface area (Å²) in [7, 11) is 0. The van der Waals surface area contributed by atoms with Crippen LogP contribution in [0.2, 0.25) is 5.02 Å². The Labute approximate surface area is 147 Å². The molecule has 2 amide bonds. The number of carbonyl (C=O) groups is 2. The van der Waals surface area contributed by atoms with Gasteiger partial charge in [-0.3, -0.25) is 9.59 Å². The third-order valence-electron chi connectivity index (χ3n) is 3.56. The number of aryl methyl sites for hydroxylation is 1. The van der Waals surface area contributed by atoms with Crippen LogP contribution in [0.25, 0.3) is 0 Å². The van der Waals surface area contributed by atoms with Crippen molar-refractivity contribution in [1.29, 1.82) is 0 Å². The third-order valence-corrected chi connectivity index (χ3v) is 3.89. The van der Waals surface area contributed by atoms with E-state index in [4.69, 9.17) is 11.6 Å². The molecule has 0 unspecified atom stereocenters. The molecule has 2 aromatic rings. The van der Waals surface area contributed by atoms with E-state index in [1.54, 1.807) is 25.1 Å². The van der Waals surface area contributed by atoms with Gasteiger partial charge < -0.3 is 10.6 Å². The SMILES string of the molecule is CCC(=O)Nc1ccc(Cl)c(NC(=O)CCCc2ccccc2)c1. The molecular weight excluding hydrogens is 324 g/mol. The lowest BCUT2D eigenvalue weighted by atomic mass is 10.1. The molecule has 2 aromatic carbocycles. The smallest absolute Gasteiger partial charge is 0.224 e. The highest BCUT2D eigenvalue weighted by molar-refractivity contribution is 6.33. The van der Waals surface area contributed by atoms with Gasteiger partial charge in [0.05, 0.1) is 10.7 Å². The summed E-state index contributed by atoms with van der Waals surface area (Å²) in [6.45, 7) is 1.78. The number of halogens is 1. The Morgan fingerprint density at radius 2 is 1.75 bits per heavy atom. The maximum Gasteiger partial charge on any atom is 0.224 e. The quantitative estimate of drug-likeness (QED) is 0.768. The molecule has 0 radical (unpaired) electrons. The molecule has 5 heteroatoms. The van der Waals surface area contributed by atoms with E-state index in [0.29, 0.717) is 29.2 Å². The first-order valence-electron chi connectivity index (χ1n) is 8.01. The Balaban J connectivity index is 1.88. The summed E-state index contributed by atoms with van der Waals surface area (Å²) in [5.41, 5.74) is 2.34. The van der Waals surface area contributed by atoms with E-state index in [1.807, 2.05) is 18.2 Å². The second-order valence-electron chi connectivity index (χ2n) is 5.48. The molecule has 0 spiro atoms. The second-order valence-corrected chi connectivity index (χ2v) is 5.89. The largest absolute Gasteiger partial charge is 0.326 e. The summed E-state index contributed by atoms with van der Waals surface area (Å²) < 4.78 is 0. The van der Waals surface area contributed by atoms with E-state index in [-0.39, 0.29) is 11.8 Å². The van der Waals surface area contributed by atoms with Crippen molar-refractivity contribution in [2.24, 2.45) is 0 Å². The van der Waals surface area contributed by atoms with Gasteiger partial charge in [0.25, 0.3) is 0 Å². The lowest BCUT2D eigenvalue weighted by Crippen LogP contribution is -2.13. The average Bonchev–Trinajstić information content (AvgIpc) is 2.58. The van der Waals surface area contributed by atoms with E-state index >= 15 is 0 Å². The lowest BCUT2D eigenvalue weighted by Gasteiger charge is -2.10. The van der Waals surface area contributed by atoms with Crippen LogP contribution >= 0.6 is 11.6 Å². The van der Waals surface area contributed by atoms with E-state index in [2.05, 4.69) is 22.8 Å². The highest BCUT2D eigenvalue weighted by atomic mass is 35.5. The van der Waals surface area contributed by atoms with Crippen molar-refractivity contribution >= 4 is 34.8 Å². The van der Waals surface area contributed by atoms with Crippen molar-refractivity contribution in [3.8, 4) is 0 Å². The summed E-state index contributed by atoms with van der Waals surface area (Å²) in [6, 6.07) is 15.1. The molecule has 0 aromatic heterocycles. The van der Waals surface area contributed by atoms with Crippen molar-refractivity contribution in [3.63, 3.8) is 0 Å². The van der Waals surface area contributed by atoms with Crippen molar-refractivity contribution in [2.45, 2.75) is 32.6 Å². The maximum atomic E-state index is 12.1. The monoisotopic (exact) mass is 344 g/mol. The molecule has 0 aliphatic rings. The van der Waals surface area contributed by atoms with Crippen molar-refractivity contribution < 1.29 is 9.59 Å². The van der Waals surface area contributed by atoms with Crippen LogP contribution in [0.5, 0.6) is 0 Å². The minimum atomic E-state index is -0.0909. The maximum absolute atomic E-state index is 12.1. The van der Waals surface area contributed by atoms with Gasteiger partial charge >= 0.3 is 0 Å². The molecule has 126 valence electrons. The van der Waals surface area contributed by atoms with Crippen LogP contribution in [0.1, 0.15) is 31.7 Å². The normalized spacial score (nSPS) is 10.2. The predicted octanol–water partition coefficient (Wildman–Crippen LogP) is 4.65. The number of anilines is 2. The number of benzene rings is 2. The predicted molar refractivity (Wildman–Crippen MR) is 98.4 cm³/mol. The van der Waals surface area contributed by atoms with E-state index in [0.717, 1.165) is 12.8 Å². The summed E-state index contributed by atoms with van der Waals surface area (Å²) in [4.78, 5) is 23.5. The summed E-state index contributed by atoms with van der Waals surface area (Å²) >= 11 is 6.11. The Morgan fingerprint density at radius 3 is 2.46 bits per heavy atom. The minimum absolute atomic E-state index is 0.0857. The van der Waals surface area contributed by atoms with Gasteiger partial charge in [-0.15, -0.1) is 0 Å². The summed E-state index contributed by atoms with van der Waals surface area (Å²) in [5.74, 6) is -0.177. The number of hydrogen-bond donors (Lipinski definition) is 2. The average molecular weight is 345 g/mol. The number of nitrogens with one attached hydrogen (secondary N) is 2. The first-order chi connectivity index (χ1) is 11.6. The molecule has 0 heterocycles. The van der Waals surface area contributed by atoms with Gasteiger partial charge in [-0.1, -0.05) is 48.9 Å². The molecule has 2 N–H and O–H groups in total. The topological polar surface area (TPSA) is 58.2 Å². The van der Waals surface area contributed by atoms with Gasteiger partial charge in [-0.2, -0.15) is 0 Å².